The molecule has 102 valence electrons. The fraction of sp³-hybridized carbons (Fsp3) is 0.250. The molecule has 0 bridgehead atoms. The predicted molar refractivity (Wildman–Crippen MR) is 76.7 cm³/mol. The Kier molecular flexibility index (Phi) is 3.88. The van der Waals surface area contributed by atoms with Crippen molar-refractivity contribution in [3.8, 4) is 0 Å². The summed E-state index contributed by atoms with van der Waals surface area (Å²) in [5.74, 6) is 0. The molecule has 0 aliphatic carbocycles. The van der Waals surface area contributed by atoms with Gasteiger partial charge in [0, 0.05) is 18.1 Å². The van der Waals surface area contributed by atoms with E-state index in [0.717, 1.165) is 11.1 Å². The highest BCUT2D eigenvalue weighted by atomic mass is 32.2. The highest BCUT2D eigenvalue weighted by Gasteiger charge is 2.19. The first-order valence-corrected chi connectivity index (χ1v) is 8.03. The van der Waals surface area contributed by atoms with E-state index in [4.69, 9.17) is 5.73 Å². The summed E-state index contributed by atoms with van der Waals surface area (Å²) in [6.07, 6.45) is 1.55. The predicted octanol–water partition coefficient (Wildman–Crippen LogP) is 2.02. The zero-order chi connectivity index (χ0) is 14.0. The third-order valence-electron chi connectivity index (χ3n) is 2.80. The Morgan fingerprint density at radius 1 is 1.32 bits per heavy atom. The van der Waals surface area contributed by atoms with Gasteiger partial charge in [0.15, 0.2) is 5.13 Å². The molecule has 0 aliphatic heterocycles. The van der Waals surface area contributed by atoms with Crippen LogP contribution in [0.5, 0.6) is 0 Å². The molecule has 19 heavy (non-hydrogen) atoms. The van der Waals surface area contributed by atoms with Crippen LogP contribution in [0.4, 0.5) is 5.13 Å². The van der Waals surface area contributed by atoms with E-state index < -0.39 is 10.0 Å². The van der Waals surface area contributed by atoms with E-state index >= 15 is 0 Å². The van der Waals surface area contributed by atoms with Gasteiger partial charge >= 0.3 is 0 Å². The molecule has 0 radical (unpaired) electrons. The second-order valence-corrected chi connectivity index (χ2v) is 6.74. The van der Waals surface area contributed by atoms with Gasteiger partial charge in [-0.15, -0.1) is 11.3 Å². The monoisotopic (exact) mass is 297 g/mol. The molecule has 0 atom stereocenters. The van der Waals surface area contributed by atoms with Crippen LogP contribution in [-0.4, -0.2) is 13.4 Å². The van der Waals surface area contributed by atoms with Crippen molar-refractivity contribution in [2.24, 2.45) is 5.73 Å². The molecule has 1 heterocycles. The van der Waals surface area contributed by atoms with Crippen LogP contribution in [0.25, 0.3) is 0 Å². The van der Waals surface area contributed by atoms with Crippen molar-refractivity contribution in [1.82, 2.24) is 4.98 Å². The number of benzene rings is 1. The van der Waals surface area contributed by atoms with Crippen molar-refractivity contribution < 1.29 is 8.42 Å². The van der Waals surface area contributed by atoms with E-state index in [1.165, 1.54) is 11.3 Å². The number of hydrogen-bond acceptors (Lipinski definition) is 5. The Balaban J connectivity index is 2.45. The molecule has 0 amide bonds. The second-order valence-electron chi connectivity index (χ2n) is 4.19. The molecule has 0 unspecified atom stereocenters. The molecule has 0 spiro atoms. The van der Waals surface area contributed by atoms with Gasteiger partial charge in [0.25, 0.3) is 10.0 Å². The van der Waals surface area contributed by atoms with Crippen LogP contribution >= 0.6 is 11.3 Å². The molecule has 0 saturated carbocycles. The number of nitrogens with two attached hydrogens (primary N) is 1. The molecule has 3 N–H and O–H groups in total. The summed E-state index contributed by atoms with van der Waals surface area (Å²) in [4.78, 5) is 4.16. The van der Waals surface area contributed by atoms with Gasteiger partial charge in [-0.05, 0) is 36.6 Å². The van der Waals surface area contributed by atoms with E-state index in [9.17, 15) is 8.42 Å². The third-order valence-corrected chi connectivity index (χ3v) is 5.10. The van der Waals surface area contributed by atoms with Gasteiger partial charge in [0.05, 0.1) is 4.90 Å². The summed E-state index contributed by atoms with van der Waals surface area (Å²) in [6.45, 7) is 4.00. The Bertz CT molecular complexity index is 679. The normalized spacial score (nSPS) is 11.5. The molecule has 2 rings (SSSR count). The molecule has 7 heteroatoms. The van der Waals surface area contributed by atoms with Gasteiger partial charge in [-0.2, -0.15) is 0 Å². The highest BCUT2D eigenvalue weighted by Crippen LogP contribution is 2.23. The molecular formula is C12H15N3O2S2. The van der Waals surface area contributed by atoms with Crippen LogP contribution in [0, 0.1) is 13.8 Å². The first kappa shape index (κ1) is 14.0. The summed E-state index contributed by atoms with van der Waals surface area (Å²) in [5.41, 5.74) is 8.13. The average Bonchev–Trinajstić information content (AvgIpc) is 2.80. The van der Waals surface area contributed by atoms with Crippen LogP contribution < -0.4 is 10.5 Å². The number of sulfonamides is 1. The second kappa shape index (κ2) is 5.28. The minimum Gasteiger partial charge on any atom is -0.326 e. The van der Waals surface area contributed by atoms with Crippen LogP contribution in [0.2, 0.25) is 0 Å². The molecule has 1 aromatic carbocycles. The highest BCUT2D eigenvalue weighted by molar-refractivity contribution is 7.93. The lowest BCUT2D eigenvalue weighted by Crippen LogP contribution is -2.15. The number of aryl methyl sites for hydroxylation is 2. The Labute approximate surface area is 116 Å². The van der Waals surface area contributed by atoms with Crippen LogP contribution in [0.15, 0.2) is 28.6 Å². The molecule has 0 saturated heterocycles. The minimum atomic E-state index is -3.62. The van der Waals surface area contributed by atoms with E-state index in [-0.39, 0.29) is 4.90 Å². The van der Waals surface area contributed by atoms with Gasteiger partial charge in [0.2, 0.25) is 0 Å². The molecule has 5 nitrogen and oxygen atoms in total. The minimum absolute atomic E-state index is 0.244. The lowest BCUT2D eigenvalue weighted by atomic mass is 10.1. The average molecular weight is 297 g/mol. The quantitative estimate of drug-likeness (QED) is 0.904. The summed E-state index contributed by atoms with van der Waals surface area (Å²) >= 11 is 1.24. The fourth-order valence-electron chi connectivity index (χ4n) is 1.83. The van der Waals surface area contributed by atoms with Gasteiger partial charge < -0.3 is 5.73 Å². The van der Waals surface area contributed by atoms with Crippen molar-refractivity contribution in [2.45, 2.75) is 25.3 Å². The number of hydrogen-bond donors (Lipinski definition) is 2. The summed E-state index contributed by atoms with van der Waals surface area (Å²) in [6, 6.07) is 3.46. The largest absolute Gasteiger partial charge is 0.326 e. The first-order valence-electron chi connectivity index (χ1n) is 5.66. The van der Waals surface area contributed by atoms with E-state index in [2.05, 4.69) is 9.71 Å². The van der Waals surface area contributed by atoms with Crippen LogP contribution in [-0.2, 0) is 16.6 Å². The van der Waals surface area contributed by atoms with E-state index in [1.807, 2.05) is 13.0 Å². The van der Waals surface area contributed by atoms with Crippen molar-refractivity contribution in [3.05, 3.63) is 40.4 Å². The smallest absolute Gasteiger partial charge is 0.263 e. The fourth-order valence-corrected chi connectivity index (χ4v) is 3.89. The maximum Gasteiger partial charge on any atom is 0.263 e. The number of thiazole rings is 1. The van der Waals surface area contributed by atoms with Crippen molar-refractivity contribution in [3.63, 3.8) is 0 Å². The SMILES string of the molecule is Cc1cc(C)c(S(=O)(=O)Nc2nccs2)cc1CN. The van der Waals surface area contributed by atoms with Crippen molar-refractivity contribution in [1.29, 1.82) is 0 Å². The molecule has 0 aliphatic rings. The van der Waals surface area contributed by atoms with Gasteiger partial charge in [-0.3, -0.25) is 4.72 Å². The topological polar surface area (TPSA) is 85.1 Å². The number of nitrogens with zero attached hydrogens (tertiary/aromatic N) is 1. The van der Waals surface area contributed by atoms with Crippen LogP contribution in [0.3, 0.4) is 0 Å². The Morgan fingerprint density at radius 3 is 2.63 bits per heavy atom. The van der Waals surface area contributed by atoms with E-state index in [0.29, 0.717) is 17.2 Å². The zero-order valence-corrected chi connectivity index (χ0v) is 12.3. The number of rotatable bonds is 4. The van der Waals surface area contributed by atoms with Crippen molar-refractivity contribution >= 4 is 26.5 Å². The summed E-state index contributed by atoms with van der Waals surface area (Å²) in [7, 11) is -3.62. The molecular weight excluding hydrogens is 282 g/mol. The lowest BCUT2D eigenvalue weighted by molar-refractivity contribution is 0.600. The summed E-state index contributed by atoms with van der Waals surface area (Å²) < 4.78 is 27.1. The van der Waals surface area contributed by atoms with Gasteiger partial charge in [-0.25, -0.2) is 13.4 Å². The summed E-state index contributed by atoms with van der Waals surface area (Å²) in [5, 5.41) is 2.07. The number of anilines is 1. The maximum atomic E-state index is 12.3. The van der Waals surface area contributed by atoms with Gasteiger partial charge in [-0.1, -0.05) is 6.07 Å². The third kappa shape index (κ3) is 2.94. The molecule has 0 fully saturated rings. The standard InChI is InChI=1S/C12H15N3O2S2/c1-8-5-9(2)11(6-10(8)7-13)19(16,17)15-12-14-3-4-18-12/h3-6H,7,13H2,1-2H3,(H,14,15). The Morgan fingerprint density at radius 2 is 2.05 bits per heavy atom. The molecule has 1 aromatic heterocycles. The van der Waals surface area contributed by atoms with Crippen molar-refractivity contribution in [2.75, 3.05) is 4.72 Å². The number of nitrogens with one attached hydrogen (secondary N) is 1. The first-order chi connectivity index (χ1) is 8.94. The lowest BCUT2D eigenvalue weighted by Gasteiger charge is -2.12. The van der Waals surface area contributed by atoms with Gasteiger partial charge in [0.1, 0.15) is 0 Å². The molecule has 2 aromatic rings. The zero-order valence-electron chi connectivity index (χ0n) is 10.7. The Hall–Kier alpha value is -1.44. The number of aromatic nitrogens is 1. The maximum absolute atomic E-state index is 12.3. The van der Waals surface area contributed by atoms with E-state index in [1.54, 1.807) is 24.6 Å². The van der Waals surface area contributed by atoms with Crippen LogP contribution in [0.1, 0.15) is 16.7 Å².